The first kappa shape index (κ1) is 15.2. The molecule has 0 aliphatic rings. The molecule has 3 aromatic rings. The minimum absolute atomic E-state index is 0.0954. The van der Waals surface area contributed by atoms with Gasteiger partial charge < -0.3 is 10.6 Å². The number of nitrogens with one attached hydrogen (secondary N) is 2. The van der Waals surface area contributed by atoms with Gasteiger partial charge in [0.1, 0.15) is 0 Å². The number of rotatable bonds is 6. The molecule has 6 heteroatoms. The molecule has 0 saturated carbocycles. The van der Waals surface area contributed by atoms with Crippen LogP contribution in [0.1, 0.15) is 11.1 Å². The summed E-state index contributed by atoms with van der Waals surface area (Å²) in [5.41, 5.74) is 2.13. The number of hydrogen-bond donors (Lipinski definition) is 2. The maximum atomic E-state index is 12.0. The lowest BCUT2D eigenvalue weighted by Crippen LogP contribution is -2.14. The largest absolute Gasteiger partial charge is 0.356 e. The highest BCUT2D eigenvalue weighted by molar-refractivity contribution is 7.19. The average Bonchev–Trinajstić information content (AvgIpc) is 3.02. The summed E-state index contributed by atoms with van der Waals surface area (Å²) in [6.45, 7) is 0.674. The van der Waals surface area contributed by atoms with Gasteiger partial charge in [-0.2, -0.15) is 0 Å². The van der Waals surface area contributed by atoms with Crippen LogP contribution in [0.4, 0.5) is 10.3 Å². The van der Waals surface area contributed by atoms with Crippen LogP contribution in [0.5, 0.6) is 0 Å². The lowest BCUT2D eigenvalue weighted by Gasteiger charge is -2.02. The average molecular weight is 324 g/mol. The highest BCUT2D eigenvalue weighted by Crippen LogP contribution is 2.20. The topological polar surface area (TPSA) is 66.9 Å². The van der Waals surface area contributed by atoms with Gasteiger partial charge in [0.05, 0.1) is 6.42 Å². The van der Waals surface area contributed by atoms with Crippen LogP contribution in [-0.4, -0.2) is 16.1 Å². The second-order valence-corrected chi connectivity index (χ2v) is 5.94. The van der Waals surface area contributed by atoms with E-state index in [1.807, 2.05) is 60.7 Å². The molecule has 0 aliphatic heterocycles. The molecule has 3 rings (SSSR count). The Balaban J connectivity index is 1.52. The van der Waals surface area contributed by atoms with Crippen LogP contribution in [0.15, 0.2) is 60.7 Å². The Hall–Kier alpha value is -2.73. The Morgan fingerprint density at radius 1 is 0.870 bits per heavy atom. The highest BCUT2D eigenvalue weighted by atomic mass is 32.1. The van der Waals surface area contributed by atoms with Crippen molar-refractivity contribution in [3.63, 3.8) is 0 Å². The number of carbonyl (C=O) groups is 1. The van der Waals surface area contributed by atoms with Crippen LogP contribution < -0.4 is 10.6 Å². The number of amides is 1. The molecule has 0 aliphatic carbocycles. The van der Waals surface area contributed by atoms with E-state index in [1.54, 1.807) is 0 Å². The third-order valence-electron chi connectivity index (χ3n) is 3.17. The molecule has 0 unspecified atom stereocenters. The summed E-state index contributed by atoms with van der Waals surface area (Å²) in [6, 6.07) is 19.6. The number of hydrogen-bond acceptors (Lipinski definition) is 5. The van der Waals surface area contributed by atoms with Crippen molar-refractivity contribution in [3.8, 4) is 0 Å². The van der Waals surface area contributed by atoms with Gasteiger partial charge in [0.15, 0.2) is 0 Å². The number of carbonyl (C=O) groups excluding carboxylic acids is 1. The first-order chi connectivity index (χ1) is 11.3. The van der Waals surface area contributed by atoms with E-state index in [0.29, 0.717) is 23.2 Å². The molecule has 1 heterocycles. The summed E-state index contributed by atoms with van der Waals surface area (Å²) in [6.07, 6.45) is 0.327. The smallest absolute Gasteiger partial charge is 0.230 e. The number of aromatic nitrogens is 2. The predicted molar refractivity (Wildman–Crippen MR) is 92.5 cm³/mol. The van der Waals surface area contributed by atoms with E-state index in [-0.39, 0.29) is 5.91 Å². The summed E-state index contributed by atoms with van der Waals surface area (Å²) >= 11 is 1.33. The highest BCUT2D eigenvalue weighted by Gasteiger charge is 2.08. The maximum absolute atomic E-state index is 12.0. The molecule has 0 saturated heterocycles. The van der Waals surface area contributed by atoms with E-state index in [9.17, 15) is 4.79 Å². The van der Waals surface area contributed by atoms with Gasteiger partial charge in [-0.05, 0) is 11.1 Å². The SMILES string of the molecule is O=C(Cc1ccccc1)Nc1nnc(NCc2ccccc2)s1. The molecule has 23 heavy (non-hydrogen) atoms. The molecule has 1 amide bonds. The second-order valence-electron chi connectivity index (χ2n) is 4.96. The summed E-state index contributed by atoms with van der Waals surface area (Å²) in [5, 5.41) is 15.2. The van der Waals surface area contributed by atoms with Gasteiger partial charge in [-0.3, -0.25) is 4.79 Å². The van der Waals surface area contributed by atoms with Crippen LogP contribution in [0.2, 0.25) is 0 Å². The summed E-state index contributed by atoms with van der Waals surface area (Å²) in [7, 11) is 0. The minimum atomic E-state index is -0.0954. The van der Waals surface area contributed by atoms with Crippen molar-refractivity contribution < 1.29 is 4.79 Å². The van der Waals surface area contributed by atoms with E-state index in [0.717, 1.165) is 11.1 Å². The minimum Gasteiger partial charge on any atom is -0.356 e. The lowest BCUT2D eigenvalue weighted by molar-refractivity contribution is -0.115. The summed E-state index contributed by atoms with van der Waals surface area (Å²) in [5.74, 6) is -0.0954. The standard InChI is InChI=1S/C17H16N4OS/c22-15(11-13-7-3-1-4-8-13)19-17-21-20-16(23-17)18-12-14-9-5-2-6-10-14/h1-10H,11-12H2,(H,18,20)(H,19,21,22). The molecular formula is C17H16N4OS. The van der Waals surface area contributed by atoms with Gasteiger partial charge in [-0.25, -0.2) is 0 Å². The van der Waals surface area contributed by atoms with Gasteiger partial charge in [-0.15, -0.1) is 10.2 Å². The Morgan fingerprint density at radius 2 is 1.48 bits per heavy atom. The number of nitrogens with zero attached hydrogens (tertiary/aromatic N) is 2. The van der Waals surface area contributed by atoms with Crippen molar-refractivity contribution in [2.75, 3.05) is 10.6 Å². The third-order valence-corrected chi connectivity index (χ3v) is 3.96. The Kier molecular flexibility index (Phi) is 4.95. The van der Waals surface area contributed by atoms with Crippen LogP contribution in [-0.2, 0) is 17.8 Å². The van der Waals surface area contributed by atoms with Crippen molar-refractivity contribution in [2.24, 2.45) is 0 Å². The van der Waals surface area contributed by atoms with Crippen LogP contribution in [0, 0.1) is 0 Å². The Labute approximate surface area is 138 Å². The van der Waals surface area contributed by atoms with Gasteiger partial charge in [0, 0.05) is 6.54 Å². The number of anilines is 2. The van der Waals surface area contributed by atoms with Crippen LogP contribution in [0.3, 0.4) is 0 Å². The molecular weight excluding hydrogens is 308 g/mol. The Bertz CT molecular complexity index is 759. The van der Waals surface area contributed by atoms with E-state index < -0.39 is 0 Å². The lowest BCUT2D eigenvalue weighted by atomic mass is 10.1. The van der Waals surface area contributed by atoms with Gasteiger partial charge >= 0.3 is 0 Å². The maximum Gasteiger partial charge on any atom is 0.230 e. The second kappa shape index (κ2) is 7.51. The van der Waals surface area contributed by atoms with Crippen molar-refractivity contribution in [2.45, 2.75) is 13.0 Å². The van der Waals surface area contributed by atoms with Crippen LogP contribution in [0.25, 0.3) is 0 Å². The van der Waals surface area contributed by atoms with E-state index >= 15 is 0 Å². The molecule has 116 valence electrons. The van der Waals surface area contributed by atoms with E-state index in [4.69, 9.17) is 0 Å². The first-order valence-corrected chi connectivity index (χ1v) is 8.06. The monoisotopic (exact) mass is 324 g/mol. The zero-order valence-electron chi connectivity index (χ0n) is 12.4. The Morgan fingerprint density at radius 3 is 2.17 bits per heavy atom. The van der Waals surface area contributed by atoms with Crippen molar-refractivity contribution in [3.05, 3.63) is 71.8 Å². The van der Waals surface area contributed by atoms with Gasteiger partial charge in [-0.1, -0.05) is 72.0 Å². The van der Waals surface area contributed by atoms with Crippen molar-refractivity contribution in [1.29, 1.82) is 0 Å². The van der Waals surface area contributed by atoms with Gasteiger partial charge in [0.25, 0.3) is 0 Å². The third kappa shape index (κ3) is 4.62. The fourth-order valence-electron chi connectivity index (χ4n) is 2.06. The fraction of sp³-hybridized carbons (Fsp3) is 0.118. The number of benzene rings is 2. The fourth-order valence-corrected chi connectivity index (χ4v) is 2.72. The molecule has 1 aromatic heterocycles. The van der Waals surface area contributed by atoms with E-state index in [2.05, 4.69) is 20.8 Å². The zero-order chi connectivity index (χ0) is 15.9. The molecule has 0 bridgehead atoms. The normalized spacial score (nSPS) is 10.3. The van der Waals surface area contributed by atoms with Crippen molar-refractivity contribution >= 4 is 27.5 Å². The summed E-state index contributed by atoms with van der Waals surface area (Å²) in [4.78, 5) is 12.0. The zero-order valence-corrected chi connectivity index (χ0v) is 13.2. The molecule has 0 fully saturated rings. The first-order valence-electron chi connectivity index (χ1n) is 7.25. The molecule has 0 radical (unpaired) electrons. The molecule has 5 nitrogen and oxygen atoms in total. The molecule has 0 spiro atoms. The quantitative estimate of drug-likeness (QED) is 0.730. The van der Waals surface area contributed by atoms with Crippen molar-refractivity contribution in [1.82, 2.24) is 10.2 Å². The van der Waals surface area contributed by atoms with Gasteiger partial charge in [0.2, 0.25) is 16.2 Å². The van der Waals surface area contributed by atoms with E-state index in [1.165, 1.54) is 11.3 Å². The molecule has 2 aromatic carbocycles. The van der Waals surface area contributed by atoms with Crippen LogP contribution >= 0.6 is 11.3 Å². The predicted octanol–water partition coefficient (Wildman–Crippen LogP) is 3.33. The molecule has 2 N–H and O–H groups in total. The molecule has 0 atom stereocenters. The summed E-state index contributed by atoms with van der Waals surface area (Å²) < 4.78 is 0.